The molecule has 1 fully saturated rings. The smallest absolute Gasteiger partial charge is 0.243 e. The van der Waals surface area contributed by atoms with Crippen LogP contribution in [0.25, 0.3) is 0 Å². The number of hydrogen-bond donors (Lipinski definition) is 1. The predicted molar refractivity (Wildman–Crippen MR) is 106 cm³/mol. The van der Waals surface area contributed by atoms with Crippen molar-refractivity contribution in [3.05, 3.63) is 91.0 Å². The minimum atomic E-state index is -1.17. The first-order valence-electron chi connectivity index (χ1n) is 9.29. The molecule has 0 aliphatic carbocycles. The quantitative estimate of drug-likeness (QED) is 0.635. The van der Waals surface area contributed by atoms with Crippen LogP contribution in [0.3, 0.4) is 0 Å². The maximum absolute atomic E-state index is 12.0. The van der Waals surface area contributed by atoms with Gasteiger partial charge in [-0.15, -0.1) is 0 Å². The van der Waals surface area contributed by atoms with E-state index in [1.54, 1.807) is 13.8 Å². The second-order valence-electron chi connectivity index (χ2n) is 8.23. The monoisotopic (exact) mass is 383 g/mol. The second-order valence-corrected chi connectivity index (χ2v) is 8.23. The number of nitrogens with one attached hydrogen (secondary N) is 1. The van der Waals surface area contributed by atoms with Crippen molar-refractivity contribution < 1.29 is 9.85 Å². The molecule has 3 rings (SSSR count). The maximum atomic E-state index is 12.0. The lowest BCUT2D eigenvalue weighted by Gasteiger charge is -2.44. The molecule has 1 aliphatic heterocycles. The highest BCUT2D eigenvalue weighted by atomic mass is 16.6. The van der Waals surface area contributed by atoms with Gasteiger partial charge in [-0.05, 0) is 38.8 Å². The van der Waals surface area contributed by atoms with Gasteiger partial charge in [0.25, 0.3) is 0 Å². The molecule has 7 nitrogen and oxygen atoms in total. The van der Waals surface area contributed by atoms with Crippen LogP contribution in [0.5, 0.6) is 0 Å². The number of nitrogens with zero attached hydrogens (tertiary/aromatic N) is 2. The molecule has 4 atom stereocenters. The number of hydrogen-bond acceptors (Lipinski definition) is 5. The van der Waals surface area contributed by atoms with Gasteiger partial charge in [-0.3, -0.25) is 25.5 Å². The van der Waals surface area contributed by atoms with Gasteiger partial charge in [-0.2, -0.15) is 0 Å². The zero-order valence-corrected chi connectivity index (χ0v) is 16.5. The van der Waals surface area contributed by atoms with Crippen LogP contribution < -0.4 is 5.32 Å². The van der Waals surface area contributed by atoms with Crippen LogP contribution in [0, 0.1) is 39.5 Å². The van der Waals surface area contributed by atoms with Gasteiger partial charge in [-0.25, -0.2) is 0 Å². The summed E-state index contributed by atoms with van der Waals surface area (Å²) in [5.74, 6) is 0. The zero-order valence-electron chi connectivity index (χ0n) is 16.5. The van der Waals surface area contributed by atoms with Gasteiger partial charge in [0.05, 0.1) is 0 Å². The molecule has 0 aromatic heterocycles. The molecule has 1 N–H and O–H groups in total. The van der Waals surface area contributed by atoms with Gasteiger partial charge in [0.1, 0.15) is 17.5 Å². The molecule has 1 heterocycles. The molecule has 0 bridgehead atoms. The van der Waals surface area contributed by atoms with E-state index in [4.69, 9.17) is 0 Å². The van der Waals surface area contributed by atoms with E-state index < -0.39 is 29.6 Å². The van der Waals surface area contributed by atoms with Crippen LogP contribution in [0.15, 0.2) is 48.5 Å². The molecule has 7 heteroatoms. The molecular weight excluding hydrogens is 358 g/mol. The summed E-state index contributed by atoms with van der Waals surface area (Å²) >= 11 is 0. The van der Waals surface area contributed by atoms with Crippen molar-refractivity contribution >= 4 is 0 Å². The maximum Gasteiger partial charge on any atom is 0.243 e. The first-order chi connectivity index (χ1) is 13.1. The Morgan fingerprint density at radius 3 is 1.54 bits per heavy atom. The number of piperidine rings is 1. The Labute approximate surface area is 164 Å². The molecular formula is C21H25N3O4. The van der Waals surface area contributed by atoms with Gasteiger partial charge >= 0.3 is 0 Å². The van der Waals surface area contributed by atoms with Crippen molar-refractivity contribution in [1.82, 2.24) is 5.32 Å². The Hall–Kier alpha value is -2.80. The Balaban J connectivity index is 2.18. The summed E-state index contributed by atoms with van der Waals surface area (Å²) in [6.45, 7) is 7.13. The molecule has 0 spiro atoms. The molecule has 2 aromatic rings. The third kappa shape index (κ3) is 3.49. The van der Waals surface area contributed by atoms with Gasteiger partial charge in [0, 0.05) is 9.85 Å². The first kappa shape index (κ1) is 19.9. The highest BCUT2D eigenvalue weighted by Gasteiger charge is 2.62. The van der Waals surface area contributed by atoms with Crippen molar-refractivity contribution in [2.24, 2.45) is 5.41 Å². The summed E-state index contributed by atoms with van der Waals surface area (Å²) in [5, 5.41) is 27.4. The van der Waals surface area contributed by atoms with Crippen LogP contribution in [0.4, 0.5) is 0 Å². The van der Waals surface area contributed by atoms with Crippen molar-refractivity contribution in [1.29, 1.82) is 0 Å². The van der Waals surface area contributed by atoms with Gasteiger partial charge in [0.15, 0.2) is 0 Å². The van der Waals surface area contributed by atoms with E-state index in [0.29, 0.717) is 0 Å². The summed E-state index contributed by atoms with van der Waals surface area (Å²) in [4.78, 5) is 23.3. The van der Waals surface area contributed by atoms with E-state index in [-0.39, 0.29) is 9.85 Å². The summed E-state index contributed by atoms with van der Waals surface area (Å²) in [7, 11) is 0. The van der Waals surface area contributed by atoms with Crippen LogP contribution in [-0.4, -0.2) is 21.9 Å². The normalized spacial score (nSPS) is 26.6. The number of aryl methyl sites for hydroxylation is 2. The fourth-order valence-electron chi connectivity index (χ4n) is 4.48. The zero-order chi connectivity index (χ0) is 20.6. The number of rotatable bonds is 4. The molecule has 1 saturated heterocycles. The fourth-order valence-corrected chi connectivity index (χ4v) is 4.48. The highest BCUT2D eigenvalue weighted by molar-refractivity contribution is 5.32. The molecule has 148 valence electrons. The minimum absolute atomic E-state index is 0.372. The Kier molecular flexibility index (Phi) is 5.21. The van der Waals surface area contributed by atoms with E-state index in [1.165, 1.54) is 0 Å². The summed E-state index contributed by atoms with van der Waals surface area (Å²) in [5.41, 5.74) is 2.36. The fraction of sp³-hybridized carbons (Fsp3) is 0.429. The van der Waals surface area contributed by atoms with Crippen LogP contribution in [0.2, 0.25) is 0 Å². The second kappa shape index (κ2) is 7.31. The molecule has 2 aromatic carbocycles. The van der Waals surface area contributed by atoms with Crippen molar-refractivity contribution in [2.75, 3.05) is 0 Å². The minimum Gasteiger partial charge on any atom is -0.291 e. The number of nitro groups is 2. The van der Waals surface area contributed by atoms with Crippen LogP contribution >= 0.6 is 0 Å². The molecule has 0 amide bonds. The van der Waals surface area contributed by atoms with Crippen molar-refractivity contribution in [3.63, 3.8) is 0 Å². The summed E-state index contributed by atoms with van der Waals surface area (Å²) in [6.07, 6.45) is 0. The van der Waals surface area contributed by atoms with Crippen molar-refractivity contribution in [2.45, 2.75) is 51.9 Å². The summed E-state index contributed by atoms with van der Waals surface area (Å²) < 4.78 is 0. The van der Waals surface area contributed by atoms with E-state index in [0.717, 1.165) is 22.3 Å². The standard InChI is InChI=1S/C21H25N3O4/c1-13-7-5-9-15(11-13)17-19(23(25)26)21(3,4)20(24(27)28)18(22-17)16-10-6-8-14(2)12-16/h5-12,17-20,22H,1-4H3/t17-,18-,19-,20+/m1/s1. The third-order valence-electron chi connectivity index (χ3n) is 5.77. The lowest BCUT2D eigenvalue weighted by Crippen LogP contribution is -2.63. The number of benzene rings is 2. The van der Waals surface area contributed by atoms with E-state index >= 15 is 0 Å². The van der Waals surface area contributed by atoms with Crippen LogP contribution in [0.1, 0.15) is 48.2 Å². The highest BCUT2D eigenvalue weighted by Crippen LogP contribution is 2.46. The van der Waals surface area contributed by atoms with Gasteiger partial charge < -0.3 is 0 Å². The molecule has 1 aliphatic rings. The molecule has 28 heavy (non-hydrogen) atoms. The van der Waals surface area contributed by atoms with E-state index in [9.17, 15) is 20.2 Å². The Morgan fingerprint density at radius 1 is 0.821 bits per heavy atom. The molecule has 0 radical (unpaired) electrons. The molecule has 0 unspecified atom stereocenters. The summed E-state index contributed by atoms with van der Waals surface area (Å²) in [6, 6.07) is 11.5. The van der Waals surface area contributed by atoms with E-state index in [2.05, 4.69) is 5.32 Å². The first-order valence-corrected chi connectivity index (χ1v) is 9.29. The lowest BCUT2D eigenvalue weighted by atomic mass is 9.66. The van der Waals surface area contributed by atoms with Gasteiger partial charge in [0.2, 0.25) is 12.1 Å². The average Bonchev–Trinajstić information content (AvgIpc) is 2.59. The largest absolute Gasteiger partial charge is 0.291 e. The third-order valence-corrected chi connectivity index (χ3v) is 5.77. The SMILES string of the molecule is Cc1cccc([C@H]2N[C@H](c3cccc(C)c3)[C@@H]([N+](=O)[O-])C(C)(C)[C@H]2[N+](=O)[O-])c1. The Morgan fingerprint density at radius 2 is 1.21 bits per heavy atom. The van der Waals surface area contributed by atoms with Crippen LogP contribution in [-0.2, 0) is 0 Å². The lowest BCUT2D eigenvalue weighted by molar-refractivity contribution is -0.605. The average molecular weight is 383 g/mol. The predicted octanol–water partition coefficient (Wildman–Crippen LogP) is 4.01. The van der Waals surface area contributed by atoms with E-state index in [1.807, 2.05) is 62.4 Å². The van der Waals surface area contributed by atoms with Gasteiger partial charge in [-0.1, -0.05) is 59.7 Å². The Bertz CT molecular complexity index is 841. The topological polar surface area (TPSA) is 98.3 Å². The van der Waals surface area contributed by atoms with Crippen molar-refractivity contribution in [3.8, 4) is 0 Å². The molecule has 0 saturated carbocycles.